The molecule has 0 atom stereocenters. The van der Waals surface area contributed by atoms with Crippen LogP contribution in [0.5, 0.6) is 0 Å². The van der Waals surface area contributed by atoms with Gasteiger partial charge in [0.15, 0.2) is 0 Å². The molecule has 0 radical (unpaired) electrons. The third-order valence-corrected chi connectivity index (χ3v) is 3.60. The molecule has 2 heterocycles. The van der Waals surface area contributed by atoms with E-state index in [0.717, 1.165) is 22.0 Å². The smallest absolute Gasteiger partial charge is 0.261 e. The molecule has 0 fully saturated rings. The van der Waals surface area contributed by atoms with Gasteiger partial charge in [0.25, 0.3) is 5.91 Å². The highest BCUT2D eigenvalue weighted by Crippen LogP contribution is 2.09. The van der Waals surface area contributed by atoms with Crippen molar-refractivity contribution in [3.8, 4) is 0 Å². The molecule has 1 amide bonds. The van der Waals surface area contributed by atoms with E-state index in [1.807, 2.05) is 44.4 Å². The molecule has 100 valence electrons. The van der Waals surface area contributed by atoms with Crippen LogP contribution >= 0.6 is 11.3 Å². The Bertz CT molecular complexity index is 598. The number of nitrogens with zero attached hydrogens (tertiary/aromatic N) is 3. The number of hydrogen-bond acceptors (Lipinski definition) is 4. The first-order chi connectivity index (χ1) is 9.06. The molecule has 0 saturated carbocycles. The number of aromatic nitrogens is 2. The van der Waals surface area contributed by atoms with Crippen LogP contribution in [0.4, 0.5) is 0 Å². The second-order valence-corrected chi connectivity index (χ2v) is 5.24. The van der Waals surface area contributed by atoms with E-state index in [0.29, 0.717) is 0 Å². The first kappa shape index (κ1) is 13.5. The van der Waals surface area contributed by atoms with Crippen molar-refractivity contribution in [1.29, 1.82) is 0 Å². The number of rotatable bonds is 4. The number of amides is 1. The normalized spacial score (nSPS) is 11.6. The highest BCUT2D eigenvalue weighted by molar-refractivity contribution is 7.12. The quantitative estimate of drug-likeness (QED) is 0.686. The van der Waals surface area contributed by atoms with Gasteiger partial charge in [-0.2, -0.15) is 10.2 Å². The van der Waals surface area contributed by atoms with Crippen LogP contribution in [0.15, 0.2) is 28.7 Å². The summed E-state index contributed by atoms with van der Waals surface area (Å²) in [6.07, 6.45) is 0. The van der Waals surface area contributed by atoms with Gasteiger partial charge in [-0.25, -0.2) is 5.43 Å². The maximum atomic E-state index is 11.8. The van der Waals surface area contributed by atoms with E-state index in [4.69, 9.17) is 0 Å². The molecule has 2 rings (SSSR count). The zero-order chi connectivity index (χ0) is 13.8. The molecule has 0 spiro atoms. The van der Waals surface area contributed by atoms with Crippen molar-refractivity contribution in [2.24, 2.45) is 5.10 Å². The number of hydrogen-bond donors (Lipinski definition) is 1. The van der Waals surface area contributed by atoms with Crippen LogP contribution in [-0.4, -0.2) is 21.4 Å². The summed E-state index contributed by atoms with van der Waals surface area (Å²) in [5.74, 6) is -0.179. The highest BCUT2D eigenvalue weighted by Gasteiger charge is 2.06. The van der Waals surface area contributed by atoms with Crippen molar-refractivity contribution >= 4 is 23.0 Å². The highest BCUT2D eigenvalue weighted by atomic mass is 32.1. The number of carbonyl (C=O) groups excluding carboxylic acids is 1. The molecule has 5 nitrogen and oxygen atoms in total. The van der Waals surface area contributed by atoms with E-state index in [-0.39, 0.29) is 12.5 Å². The molecule has 0 aliphatic carbocycles. The summed E-state index contributed by atoms with van der Waals surface area (Å²) in [5, 5.41) is 10.3. The van der Waals surface area contributed by atoms with Gasteiger partial charge in [0.2, 0.25) is 0 Å². The molecule has 6 heteroatoms. The number of aryl methyl sites for hydroxylation is 2. The van der Waals surface area contributed by atoms with E-state index in [1.54, 1.807) is 16.0 Å². The summed E-state index contributed by atoms with van der Waals surface area (Å²) in [6, 6.07) is 5.86. The van der Waals surface area contributed by atoms with Gasteiger partial charge in [-0.05, 0) is 38.3 Å². The fraction of sp³-hybridized carbons (Fsp3) is 0.308. The van der Waals surface area contributed by atoms with Gasteiger partial charge in [0.1, 0.15) is 6.54 Å². The number of thiophene rings is 1. The lowest BCUT2D eigenvalue weighted by Gasteiger charge is -2.03. The van der Waals surface area contributed by atoms with Gasteiger partial charge in [0.05, 0.1) is 11.4 Å². The van der Waals surface area contributed by atoms with E-state index >= 15 is 0 Å². The fourth-order valence-electron chi connectivity index (χ4n) is 1.69. The molecule has 0 aliphatic rings. The predicted octanol–water partition coefficient (Wildman–Crippen LogP) is 2.10. The number of nitrogens with one attached hydrogen (secondary N) is 1. The minimum atomic E-state index is -0.179. The van der Waals surface area contributed by atoms with Crippen LogP contribution in [0.25, 0.3) is 0 Å². The first-order valence-corrected chi connectivity index (χ1v) is 6.82. The average Bonchev–Trinajstić information content (AvgIpc) is 2.97. The van der Waals surface area contributed by atoms with Crippen LogP contribution in [0.2, 0.25) is 0 Å². The Morgan fingerprint density at radius 1 is 1.53 bits per heavy atom. The molecule has 2 aromatic rings. The summed E-state index contributed by atoms with van der Waals surface area (Å²) in [6.45, 7) is 5.88. The van der Waals surface area contributed by atoms with Gasteiger partial charge in [0, 0.05) is 10.6 Å². The third-order valence-electron chi connectivity index (χ3n) is 2.62. The molecule has 0 saturated heterocycles. The predicted molar refractivity (Wildman–Crippen MR) is 76.4 cm³/mol. The maximum absolute atomic E-state index is 11.8. The number of carbonyl (C=O) groups is 1. The van der Waals surface area contributed by atoms with Crippen LogP contribution < -0.4 is 5.43 Å². The van der Waals surface area contributed by atoms with E-state index in [1.165, 1.54) is 0 Å². The Balaban J connectivity index is 1.95. The first-order valence-electron chi connectivity index (χ1n) is 5.94. The van der Waals surface area contributed by atoms with Crippen LogP contribution in [-0.2, 0) is 11.3 Å². The second-order valence-electron chi connectivity index (χ2n) is 4.29. The molecular formula is C13H16N4OS. The standard InChI is InChI=1S/C13H16N4OS/c1-9-7-10(2)17(16-9)8-13(18)15-14-11(3)12-5-4-6-19-12/h4-7H,8H2,1-3H3,(H,15,18)/b14-11+. The summed E-state index contributed by atoms with van der Waals surface area (Å²) in [4.78, 5) is 12.8. The van der Waals surface area contributed by atoms with Gasteiger partial charge in [-0.15, -0.1) is 11.3 Å². The lowest BCUT2D eigenvalue weighted by molar-refractivity contribution is -0.121. The zero-order valence-electron chi connectivity index (χ0n) is 11.2. The SMILES string of the molecule is C/C(=N\NC(=O)Cn1nc(C)cc1C)c1cccs1. The van der Waals surface area contributed by atoms with Crippen LogP contribution in [0, 0.1) is 13.8 Å². The minimum absolute atomic E-state index is 0.179. The van der Waals surface area contributed by atoms with Gasteiger partial charge in [-0.3, -0.25) is 9.48 Å². The van der Waals surface area contributed by atoms with Crippen molar-refractivity contribution in [1.82, 2.24) is 15.2 Å². The summed E-state index contributed by atoms with van der Waals surface area (Å²) in [7, 11) is 0. The van der Waals surface area contributed by atoms with Crippen molar-refractivity contribution < 1.29 is 4.79 Å². The zero-order valence-corrected chi connectivity index (χ0v) is 12.0. The molecule has 0 aromatic carbocycles. The van der Waals surface area contributed by atoms with E-state index in [2.05, 4.69) is 15.6 Å². The summed E-state index contributed by atoms with van der Waals surface area (Å²) >= 11 is 1.59. The summed E-state index contributed by atoms with van der Waals surface area (Å²) < 4.78 is 1.67. The summed E-state index contributed by atoms with van der Waals surface area (Å²) in [5.41, 5.74) is 5.22. The molecule has 0 bridgehead atoms. The Hall–Kier alpha value is -1.95. The molecule has 1 N–H and O–H groups in total. The van der Waals surface area contributed by atoms with Crippen LogP contribution in [0.3, 0.4) is 0 Å². The minimum Gasteiger partial charge on any atom is -0.271 e. The molecule has 0 unspecified atom stereocenters. The monoisotopic (exact) mass is 276 g/mol. The topological polar surface area (TPSA) is 59.3 Å². The van der Waals surface area contributed by atoms with Gasteiger partial charge in [-0.1, -0.05) is 6.07 Å². The average molecular weight is 276 g/mol. The van der Waals surface area contributed by atoms with Crippen molar-refractivity contribution in [3.63, 3.8) is 0 Å². The Labute approximate surface area is 116 Å². The second kappa shape index (κ2) is 5.79. The lowest BCUT2D eigenvalue weighted by Crippen LogP contribution is -2.25. The molecule has 0 aliphatic heterocycles. The largest absolute Gasteiger partial charge is 0.271 e. The fourth-order valence-corrected chi connectivity index (χ4v) is 2.37. The Morgan fingerprint density at radius 3 is 2.89 bits per heavy atom. The van der Waals surface area contributed by atoms with E-state index < -0.39 is 0 Å². The lowest BCUT2D eigenvalue weighted by atomic mass is 10.3. The van der Waals surface area contributed by atoms with E-state index in [9.17, 15) is 4.79 Å². The van der Waals surface area contributed by atoms with Crippen molar-refractivity contribution in [2.75, 3.05) is 0 Å². The van der Waals surface area contributed by atoms with Crippen LogP contribution in [0.1, 0.15) is 23.2 Å². The van der Waals surface area contributed by atoms with Gasteiger partial charge >= 0.3 is 0 Å². The van der Waals surface area contributed by atoms with Crippen molar-refractivity contribution in [2.45, 2.75) is 27.3 Å². The molecular weight excluding hydrogens is 260 g/mol. The molecule has 2 aromatic heterocycles. The Kier molecular flexibility index (Phi) is 4.11. The Morgan fingerprint density at radius 2 is 2.32 bits per heavy atom. The molecule has 19 heavy (non-hydrogen) atoms. The third kappa shape index (κ3) is 3.51. The maximum Gasteiger partial charge on any atom is 0.261 e. The van der Waals surface area contributed by atoms with Gasteiger partial charge < -0.3 is 0 Å². The number of hydrazone groups is 1. The van der Waals surface area contributed by atoms with Crippen molar-refractivity contribution in [3.05, 3.63) is 39.8 Å².